The molecule has 1 unspecified atom stereocenters. The molecule has 1 fully saturated rings. The maximum atomic E-state index is 12.5. The number of rotatable bonds is 5. The first-order chi connectivity index (χ1) is 15.5. The maximum Gasteiger partial charge on any atom is 0.228 e. The van der Waals surface area contributed by atoms with Crippen molar-refractivity contribution in [2.75, 3.05) is 19.6 Å². The number of nitrogens with one attached hydrogen (secondary N) is 1. The van der Waals surface area contributed by atoms with E-state index in [2.05, 4.69) is 10.3 Å². The lowest BCUT2D eigenvalue weighted by molar-refractivity contribution is -0.128. The van der Waals surface area contributed by atoms with Gasteiger partial charge >= 0.3 is 0 Å². The highest BCUT2D eigenvalue weighted by Crippen LogP contribution is 2.24. The summed E-state index contributed by atoms with van der Waals surface area (Å²) in [6.07, 6.45) is 4.03. The summed E-state index contributed by atoms with van der Waals surface area (Å²) in [5.41, 5.74) is 2.75. The van der Waals surface area contributed by atoms with Crippen LogP contribution in [0, 0.1) is 11.5 Å². The van der Waals surface area contributed by atoms with Gasteiger partial charge in [-0.2, -0.15) is 10.4 Å². The van der Waals surface area contributed by atoms with Crippen molar-refractivity contribution in [2.45, 2.75) is 25.3 Å². The summed E-state index contributed by atoms with van der Waals surface area (Å²) in [7, 11) is 0. The van der Waals surface area contributed by atoms with Crippen LogP contribution in [0.1, 0.15) is 24.0 Å². The van der Waals surface area contributed by atoms with Crippen molar-refractivity contribution >= 4 is 40.8 Å². The molecule has 0 radical (unpaired) electrons. The van der Waals surface area contributed by atoms with Gasteiger partial charge in [-0.3, -0.25) is 15.1 Å². The predicted molar refractivity (Wildman–Crippen MR) is 126 cm³/mol. The summed E-state index contributed by atoms with van der Waals surface area (Å²) < 4.78 is 0. The van der Waals surface area contributed by atoms with Gasteiger partial charge in [0.2, 0.25) is 11.9 Å². The van der Waals surface area contributed by atoms with Crippen LogP contribution in [-0.2, 0) is 11.2 Å². The number of aliphatic imine (C=N–C) groups is 1. The van der Waals surface area contributed by atoms with Gasteiger partial charge in [0, 0.05) is 35.1 Å². The molecule has 164 valence electrons. The molecule has 1 amide bonds. The first-order valence-corrected chi connectivity index (χ1v) is 11.2. The summed E-state index contributed by atoms with van der Waals surface area (Å²) in [4.78, 5) is 18.9. The first kappa shape index (κ1) is 22.1. The molecule has 7 nitrogen and oxygen atoms in total. The zero-order valence-corrected chi connectivity index (χ0v) is 18.9. The highest BCUT2D eigenvalue weighted by molar-refractivity contribution is 6.31. The minimum absolute atomic E-state index is 0.119. The molecule has 1 N–H and O–H groups in total. The number of halogens is 2. The van der Waals surface area contributed by atoms with Gasteiger partial charge in [0.25, 0.3) is 0 Å². The number of guanidine groups is 1. The van der Waals surface area contributed by atoms with Gasteiger partial charge in [-0.15, -0.1) is 0 Å². The predicted octanol–water partition coefficient (Wildman–Crippen LogP) is 3.67. The lowest BCUT2D eigenvalue weighted by Gasteiger charge is -2.25. The number of nitrogens with zero attached hydrogens (tertiary/aromatic N) is 5. The van der Waals surface area contributed by atoms with E-state index in [0.717, 1.165) is 23.3 Å². The summed E-state index contributed by atoms with van der Waals surface area (Å²) in [6, 6.07) is 14.8. The molecule has 0 aliphatic carbocycles. The molecular formula is C23H22Cl2N6O. The number of hydrogen-bond donors (Lipinski definition) is 1. The van der Waals surface area contributed by atoms with Crippen LogP contribution in [0.4, 0.5) is 0 Å². The zero-order valence-electron chi connectivity index (χ0n) is 17.3. The van der Waals surface area contributed by atoms with Gasteiger partial charge in [0.15, 0.2) is 6.19 Å². The Morgan fingerprint density at radius 1 is 1.16 bits per heavy atom. The van der Waals surface area contributed by atoms with E-state index in [9.17, 15) is 10.1 Å². The maximum absolute atomic E-state index is 12.5. The van der Waals surface area contributed by atoms with Crippen molar-refractivity contribution < 1.29 is 4.79 Å². The van der Waals surface area contributed by atoms with Crippen LogP contribution < -0.4 is 5.32 Å². The van der Waals surface area contributed by atoms with E-state index in [1.54, 1.807) is 17.1 Å². The molecule has 32 heavy (non-hydrogen) atoms. The molecule has 0 saturated carbocycles. The smallest absolute Gasteiger partial charge is 0.228 e. The Balaban J connectivity index is 1.57. The SMILES string of the molecule is N#CNC(=NCCc1ccc(Cl)cc1)N1CC(N2CCCC2=O)C(c2ccc(Cl)cc2)=N1. The van der Waals surface area contributed by atoms with Gasteiger partial charge in [-0.1, -0.05) is 47.5 Å². The van der Waals surface area contributed by atoms with Crippen LogP contribution in [0.3, 0.4) is 0 Å². The van der Waals surface area contributed by atoms with E-state index < -0.39 is 0 Å². The van der Waals surface area contributed by atoms with Gasteiger partial charge in [-0.25, -0.2) is 5.01 Å². The third-order valence-electron chi connectivity index (χ3n) is 5.50. The fraction of sp³-hybridized carbons (Fsp3) is 0.304. The highest BCUT2D eigenvalue weighted by Gasteiger charge is 2.38. The summed E-state index contributed by atoms with van der Waals surface area (Å²) in [6.45, 7) is 1.60. The lowest BCUT2D eigenvalue weighted by atomic mass is 10.0. The molecule has 2 heterocycles. The fourth-order valence-electron chi connectivity index (χ4n) is 3.91. The molecule has 1 saturated heterocycles. The molecule has 2 aromatic carbocycles. The topological polar surface area (TPSA) is 84.1 Å². The van der Waals surface area contributed by atoms with E-state index in [1.807, 2.05) is 47.5 Å². The Labute approximate surface area is 196 Å². The summed E-state index contributed by atoms with van der Waals surface area (Å²) >= 11 is 12.0. The van der Waals surface area contributed by atoms with Gasteiger partial charge in [0.1, 0.15) is 0 Å². The molecule has 0 bridgehead atoms. The van der Waals surface area contributed by atoms with Crippen molar-refractivity contribution in [2.24, 2.45) is 10.1 Å². The van der Waals surface area contributed by atoms with Crippen LogP contribution in [0.25, 0.3) is 0 Å². The van der Waals surface area contributed by atoms with Crippen LogP contribution >= 0.6 is 23.2 Å². The minimum atomic E-state index is -0.215. The van der Waals surface area contributed by atoms with Crippen molar-refractivity contribution in [3.8, 4) is 6.19 Å². The average molecular weight is 469 g/mol. The van der Waals surface area contributed by atoms with Crippen LogP contribution in [0.2, 0.25) is 10.0 Å². The van der Waals surface area contributed by atoms with Crippen molar-refractivity contribution in [3.63, 3.8) is 0 Å². The van der Waals surface area contributed by atoms with Crippen molar-refractivity contribution in [1.29, 1.82) is 5.26 Å². The highest BCUT2D eigenvalue weighted by atomic mass is 35.5. The first-order valence-electron chi connectivity index (χ1n) is 10.4. The van der Waals surface area contributed by atoms with E-state index in [-0.39, 0.29) is 11.9 Å². The molecule has 1 atom stereocenters. The average Bonchev–Trinajstić information content (AvgIpc) is 3.41. The normalized spacial score (nSPS) is 18.7. The Bertz CT molecular complexity index is 1080. The zero-order chi connectivity index (χ0) is 22.5. The van der Waals surface area contributed by atoms with E-state index in [0.29, 0.717) is 48.5 Å². The van der Waals surface area contributed by atoms with Crippen molar-refractivity contribution in [3.05, 3.63) is 69.7 Å². The largest absolute Gasteiger partial charge is 0.332 e. The minimum Gasteiger partial charge on any atom is -0.332 e. The third kappa shape index (κ3) is 5.04. The molecule has 2 aromatic rings. The van der Waals surface area contributed by atoms with Crippen LogP contribution in [-0.4, -0.2) is 53.2 Å². The molecule has 0 spiro atoms. The molecule has 9 heteroatoms. The molecular weight excluding hydrogens is 447 g/mol. The lowest BCUT2D eigenvalue weighted by Crippen LogP contribution is -2.45. The molecule has 4 rings (SSSR count). The number of hydrogen-bond acceptors (Lipinski definition) is 4. The number of benzene rings is 2. The second-order valence-corrected chi connectivity index (χ2v) is 8.47. The molecule has 2 aliphatic rings. The Morgan fingerprint density at radius 2 is 1.84 bits per heavy atom. The Hall–Kier alpha value is -3.08. The summed E-state index contributed by atoms with van der Waals surface area (Å²) in [5.74, 6) is 0.482. The Kier molecular flexibility index (Phi) is 6.93. The van der Waals surface area contributed by atoms with E-state index >= 15 is 0 Å². The van der Waals surface area contributed by atoms with E-state index in [1.165, 1.54) is 0 Å². The fourth-order valence-corrected chi connectivity index (χ4v) is 4.17. The van der Waals surface area contributed by atoms with Crippen molar-refractivity contribution in [1.82, 2.24) is 15.2 Å². The number of likely N-dealkylation sites (tertiary alicyclic amines) is 1. The molecule has 2 aliphatic heterocycles. The number of nitriles is 1. The van der Waals surface area contributed by atoms with E-state index in [4.69, 9.17) is 28.3 Å². The quantitative estimate of drug-likeness (QED) is 0.314. The van der Waals surface area contributed by atoms with Crippen LogP contribution in [0.5, 0.6) is 0 Å². The second kappa shape index (κ2) is 10.0. The second-order valence-electron chi connectivity index (χ2n) is 7.60. The number of carbonyl (C=O) groups is 1. The standard InChI is InChI=1S/C23H22Cl2N6O/c24-18-7-3-16(4-8-18)11-12-27-23(28-15-26)31-14-20(30-13-1-2-21(30)32)22(29-31)17-5-9-19(25)10-6-17/h3-10,20H,1-2,11-14H2,(H,27,28). The molecule has 0 aromatic heterocycles. The number of carbonyl (C=O) groups excluding carboxylic acids is 1. The van der Waals surface area contributed by atoms with Crippen LogP contribution in [0.15, 0.2) is 58.6 Å². The summed E-state index contributed by atoms with van der Waals surface area (Å²) in [5, 5.41) is 19.7. The third-order valence-corrected chi connectivity index (χ3v) is 6.01. The van der Waals surface area contributed by atoms with Gasteiger partial charge in [-0.05, 0) is 42.7 Å². The number of amides is 1. The Morgan fingerprint density at radius 3 is 2.47 bits per heavy atom. The van der Waals surface area contributed by atoms with Gasteiger partial charge in [0.05, 0.1) is 18.3 Å². The monoisotopic (exact) mass is 468 g/mol. The number of hydrazone groups is 1. The van der Waals surface area contributed by atoms with Gasteiger partial charge < -0.3 is 4.90 Å².